The molecule has 0 radical (unpaired) electrons. The van der Waals surface area contributed by atoms with Crippen LogP contribution in [0, 0.1) is 0 Å². The predicted octanol–water partition coefficient (Wildman–Crippen LogP) is 0.925. The van der Waals surface area contributed by atoms with Crippen LogP contribution in [0.4, 0.5) is 0 Å². The summed E-state index contributed by atoms with van der Waals surface area (Å²) in [6.07, 6.45) is 0. The van der Waals surface area contributed by atoms with E-state index in [1.165, 1.54) is 0 Å². The quantitative estimate of drug-likeness (QED) is 0.568. The van der Waals surface area contributed by atoms with Gasteiger partial charge in [-0.15, -0.1) is 62.0 Å². The van der Waals surface area contributed by atoms with Crippen molar-refractivity contribution in [1.29, 1.82) is 0 Å². The van der Waals surface area contributed by atoms with Crippen LogP contribution in [0.2, 0.25) is 0 Å². The molecule has 6 heavy (non-hydrogen) atoms. The number of rotatable bonds is 0. The predicted molar refractivity (Wildman–Crippen MR) is 46.2 cm³/mol. The van der Waals surface area contributed by atoms with Gasteiger partial charge in [-0.3, -0.25) is 0 Å². The topological polar surface area (TPSA) is 0 Å². The molecule has 0 saturated heterocycles. The third kappa shape index (κ3) is 37.4. The van der Waals surface area contributed by atoms with Crippen LogP contribution >= 0.6 is 62.0 Å². The van der Waals surface area contributed by atoms with E-state index in [1.807, 2.05) is 0 Å². The fourth-order valence-electron chi connectivity index (χ4n) is 0. The summed E-state index contributed by atoms with van der Waals surface area (Å²) in [5.41, 5.74) is 0. The molecule has 0 nitrogen and oxygen atoms in total. The third-order valence-corrected chi connectivity index (χ3v) is 0. The molecule has 0 fully saturated rings. The van der Waals surface area contributed by atoms with Crippen molar-refractivity contribution in [2.45, 2.75) is 0 Å². The van der Waals surface area contributed by atoms with E-state index in [-0.39, 0.29) is 80.0 Å². The molecular formula is H8AsCl5. The first-order chi connectivity index (χ1) is 0. The minimum absolute atomic E-state index is 0. The summed E-state index contributed by atoms with van der Waals surface area (Å²) in [6, 6.07) is 0. The second kappa shape index (κ2) is 62.7. The summed E-state index contributed by atoms with van der Waals surface area (Å²) >= 11 is 0. The first kappa shape index (κ1) is 97.5. The van der Waals surface area contributed by atoms with Crippen molar-refractivity contribution in [3.63, 3.8) is 0 Å². The van der Waals surface area contributed by atoms with Gasteiger partial charge in [-0.25, -0.2) is 0 Å². The zero-order valence-electron chi connectivity index (χ0n) is 2.75. The van der Waals surface area contributed by atoms with E-state index in [1.54, 1.807) is 0 Å². The van der Waals surface area contributed by atoms with E-state index in [0.717, 1.165) is 0 Å². The molecule has 0 rings (SSSR count). The molecule has 0 aromatic carbocycles. The summed E-state index contributed by atoms with van der Waals surface area (Å²) in [4.78, 5) is 0. The van der Waals surface area contributed by atoms with Gasteiger partial charge in [0, 0.05) is 0 Å². The summed E-state index contributed by atoms with van der Waals surface area (Å²) in [5.74, 6) is 0. The van der Waals surface area contributed by atoms with Crippen LogP contribution in [0.1, 0.15) is 0 Å². The molecule has 6 heteroatoms. The van der Waals surface area contributed by atoms with Gasteiger partial charge in [0.05, 0.1) is 0 Å². The van der Waals surface area contributed by atoms with Gasteiger partial charge < -0.3 is 0 Å². The Morgan fingerprint density at radius 3 is 0.333 bits per heavy atom. The molecule has 0 amide bonds. The van der Waals surface area contributed by atoms with Gasteiger partial charge in [0.15, 0.2) is 0 Å². The molecule has 0 aromatic heterocycles. The van der Waals surface area contributed by atoms with Crippen LogP contribution < -0.4 is 0 Å². The zero-order chi connectivity index (χ0) is 0. The van der Waals surface area contributed by atoms with Crippen molar-refractivity contribution in [2.24, 2.45) is 0 Å². The Balaban J connectivity index is 0. The summed E-state index contributed by atoms with van der Waals surface area (Å²) in [6.45, 7) is 0. The van der Waals surface area contributed by atoms with Crippen LogP contribution in [-0.2, 0) is 0 Å². The average molecular weight is 260 g/mol. The number of halogens is 5. The van der Waals surface area contributed by atoms with Gasteiger partial charge in [-0.2, -0.15) is 0 Å². The zero-order valence-corrected chi connectivity index (χ0v) is 9.80. The Morgan fingerprint density at radius 1 is 0.333 bits per heavy atom. The SMILES string of the molecule is Cl.Cl.Cl.Cl.Cl.[AsH3]. The average Bonchev–Trinajstić information content (AvgIpc) is 0. The Bertz CT molecular complexity index is 3.90. The molecule has 0 aliphatic carbocycles. The maximum absolute atomic E-state index is 0. The Labute approximate surface area is 79.6 Å². The Morgan fingerprint density at radius 2 is 0.333 bits per heavy atom. The monoisotopic (exact) mass is 258 g/mol. The number of hydrogen-bond donors (Lipinski definition) is 0. The van der Waals surface area contributed by atoms with Crippen molar-refractivity contribution < 1.29 is 0 Å². The summed E-state index contributed by atoms with van der Waals surface area (Å²) in [7, 11) is 0. The van der Waals surface area contributed by atoms with E-state index >= 15 is 0 Å². The minimum atomic E-state index is 0. The second-order valence-corrected chi connectivity index (χ2v) is 0. The van der Waals surface area contributed by atoms with E-state index in [0.29, 0.717) is 0 Å². The Kier molecular flexibility index (Phi) is 1020. The maximum atomic E-state index is 0. The summed E-state index contributed by atoms with van der Waals surface area (Å²) < 4.78 is 0. The van der Waals surface area contributed by atoms with Gasteiger partial charge in [-0.1, -0.05) is 0 Å². The number of hydrogen-bond acceptors (Lipinski definition) is 0. The van der Waals surface area contributed by atoms with Crippen molar-refractivity contribution >= 4 is 80.0 Å². The van der Waals surface area contributed by atoms with E-state index in [4.69, 9.17) is 0 Å². The molecule has 0 aliphatic heterocycles. The van der Waals surface area contributed by atoms with Crippen LogP contribution in [0.3, 0.4) is 0 Å². The van der Waals surface area contributed by atoms with E-state index < -0.39 is 0 Å². The first-order valence-electron chi connectivity index (χ1n) is 0. The van der Waals surface area contributed by atoms with Crippen LogP contribution in [0.5, 0.6) is 0 Å². The van der Waals surface area contributed by atoms with Crippen LogP contribution in [0.15, 0.2) is 0 Å². The molecule has 0 spiro atoms. The second-order valence-electron chi connectivity index (χ2n) is 0. The first-order valence-corrected chi connectivity index (χ1v) is 0. The normalized spacial score (nSPS) is 0. The van der Waals surface area contributed by atoms with Crippen molar-refractivity contribution in [3.05, 3.63) is 0 Å². The Hall–Kier alpha value is 2.01. The molecule has 0 bridgehead atoms. The fraction of sp³-hybridized carbons (Fsp3) is 0. The summed E-state index contributed by atoms with van der Waals surface area (Å²) in [5, 5.41) is 0. The van der Waals surface area contributed by atoms with Gasteiger partial charge in [0.2, 0.25) is 0 Å². The molecule has 0 N–H and O–H groups in total. The molecule has 0 aromatic rings. The molecule has 0 saturated carbocycles. The van der Waals surface area contributed by atoms with Crippen molar-refractivity contribution in [1.82, 2.24) is 0 Å². The molecule has 0 aliphatic rings. The fourth-order valence-corrected chi connectivity index (χ4v) is 0. The molecular weight excluding hydrogens is 252 g/mol. The van der Waals surface area contributed by atoms with Gasteiger partial charge >= 0.3 is 18.0 Å². The molecule has 1 atom stereocenters. The van der Waals surface area contributed by atoms with Crippen molar-refractivity contribution in [3.8, 4) is 0 Å². The third-order valence-electron chi connectivity index (χ3n) is 0. The molecule has 48 valence electrons. The van der Waals surface area contributed by atoms with E-state index in [2.05, 4.69) is 0 Å². The van der Waals surface area contributed by atoms with Gasteiger partial charge in [-0.05, 0) is 0 Å². The van der Waals surface area contributed by atoms with Crippen LogP contribution in [-0.4, -0.2) is 18.0 Å². The van der Waals surface area contributed by atoms with Gasteiger partial charge in [0.25, 0.3) is 0 Å². The van der Waals surface area contributed by atoms with Crippen molar-refractivity contribution in [2.75, 3.05) is 0 Å². The van der Waals surface area contributed by atoms with Crippen LogP contribution in [0.25, 0.3) is 0 Å². The van der Waals surface area contributed by atoms with Gasteiger partial charge in [0.1, 0.15) is 0 Å². The molecule has 1 unspecified atom stereocenters. The van der Waals surface area contributed by atoms with E-state index in [9.17, 15) is 0 Å². The standard InChI is InChI=1S/AsH3.5ClH/h1H3;5*1H. The molecule has 0 heterocycles.